The van der Waals surface area contributed by atoms with Gasteiger partial charge in [-0.2, -0.15) is 0 Å². The lowest BCUT2D eigenvalue weighted by atomic mass is 10.1. The van der Waals surface area contributed by atoms with Gasteiger partial charge in [0.2, 0.25) is 0 Å². The molecule has 0 bridgehead atoms. The molecule has 2 rings (SSSR count). The fraction of sp³-hybridized carbons (Fsp3) is 0.524. The molecule has 1 aromatic carbocycles. The molecule has 0 amide bonds. The Labute approximate surface area is 169 Å². The van der Waals surface area contributed by atoms with Crippen LogP contribution in [0.2, 0.25) is 0 Å². The lowest BCUT2D eigenvalue weighted by Crippen LogP contribution is -2.21. The smallest absolute Gasteiger partial charge is 0.497 e. The fourth-order valence-electron chi connectivity index (χ4n) is 3.05. The van der Waals surface area contributed by atoms with Crippen LogP contribution in [0.1, 0.15) is 51.9 Å². The molecule has 29 heavy (non-hydrogen) atoms. The summed E-state index contributed by atoms with van der Waals surface area (Å²) in [7, 11) is 1.39. The van der Waals surface area contributed by atoms with Crippen molar-refractivity contribution in [3.8, 4) is 22.8 Å². The minimum absolute atomic E-state index is 0.233. The molecule has 5 nitrogen and oxygen atoms in total. The number of halogens is 3. The summed E-state index contributed by atoms with van der Waals surface area (Å²) in [6, 6.07) is 4.58. The zero-order chi connectivity index (χ0) is 21.6. The van der Waals surface area contributed by atoms with E-state index < -0.39 is 6.36 Å². The van der Waals surface area contributed by atoms with Crippen molar-refractivity contribution in [1.82, 2.24) is 9.97 Å². The van der Waals surface area contributed by atoms with Crippen molar-refractivity contribution < 1.29 is 22.6 Å². The quantitative estimate of drug-likeness (QED) is 0.567. The number of alkyl halides is 3. The highest BCUT2D eigenvalue weighted by atomic mass is 19.4. The highest BCUT2D eigenvalue weighted by molar-refractivity contribution is 5.71. The van der Waals surface area contributed by atoms with E-state index in [9.17, 15) is 13.2 Å². The van der Waals surface area contributed by atoms with Crippen LogP contribution < -0.4 is 14.8 Å². The lowest BCUT2D eigenvalue weighted by Gasteiger charge is -2.20. The standard InChI is InChI=1S/C21H28F3N3O2/c1-6-13(7-2)25-20-17(9-4)26-19(16(8-3)27-20)15-11-10-14(28-5)12-18(15)29-21(22,23)24/h10-13H,6-9H2,1-5H3,(H,25,27). The maximum atomic E-state index is 13.0. The fourth-order valence-corrected chi connectivity index (χ4v) is 3.05. The largest absolute Gasteiger partial charge is 0.573 e. The molecule has 0 spiro atoms. The molecule has 0 aliphatic heterocycles. The number of benzene rings is 1. The van der Waals surface area contributed by atoms with Crippen LogP contribution in [0, 0.1) is 0 Å². The predicted octanol–water partition coefficient (Wildman–Crippen LogP) is 5.78. The zero-order valence-corrected chi connectivity index (χ0v) is 17.5. The first-order valence-electron chi connectivity index (χ1n) is 9.86. The number of rotatable bonds is 9. The Balaban J connectivity index is 2.62. The summed E-state index contributed by atoms with van der Waals surface area (Å²) in [5.41, 5.74) is 1.93. The summed E-state index contributed by atoms with van der Waals surface area (Å²) in [5.74, 6) is 0.596. The average Bonchev–Trinajstić information content (AvgIpc) is 2.70. The molecular weight excluding hydrogens is 383 g/mol. The van der Waals surface area contributed by atoms with Crippen molar-refractivity contribution in [2.45, 2.75) is 65.8 Å². The van der Waals surface area contributed by atoms with Gasteiger partial charge in [0.1, 0.15) is 17.3 Å². The van der Waals surface area contributed by atoms with Gasteiger partial charge in [-0.25, -0.2) is 9.97 Å². The van der Waals surface area contributed by atoms with Crippen LogP contribution in [0.15, 0.2) is 18.2 Å². The van der Waals surface area contributed by atoms with Gasteiger partial charge >= 0.3 is 6.36 Å². The van der Waals surface area contributed by atoms with E-state index in [4.69, 9.17) is 9.72 Å². The Morgan fingerprint density at radius 1 is 1.00 bits per heavy atom. The number of aromatic nitrogens is 2. The van der Waals surface area contributed by atoms with Crippen molar-refractivity contribution in [1.29, 1.82) is 0 Å². The molecule has 0 unspecified atom stereocenters. The lowest BCUT2D eigenvalue weighted by molar-refractivity contribution is -0.274. The third-order valence-electron chi connectivity index (χ3n) is 4.71. The summed E-state index contributed by atoms with van der Waals surface area (Å²) >= 11 is 0. The molecule has 160 valence electrons. The summed E-state index contributed by atoms with van der Waals surface area (Å²) in [5, 5.41) is 3.42. The second-order valence-electron chi connectivity index (χ2n) is 6.59. The van der Waals surface area contributed by atoms with Gasteiger partial charge in [0.05, 0.1) is 24.2 Å². The van der Waals surface area contributed by atoms with Crippen molar-refractivity contribution in [3.63, 3.8) is 0 Å². The molecule has 1 N–H and O–H groups in total. The summed E-state index contributed by atoms with van der Waals surface area (Å²) in [4.78, 5) is 9.40. The molecule has 0 aliphatic rings. The first kappa shape index (κ1) is 22.8. The number of hydrogen-bond acceptors (Lipinski definition) is 5. The first-order valence-corrected chi connectivity index (χ1v) is 9.86. The minimum atomic E-state index is -4.83. The first-order chi connectivity index (χ1) is 13.8. The third-order valence-corrected chi connectivity index (χ3v) is 4.71. The number of nitrogens with one attached hydrogen (secondary N) is 1. The van der Waals surface area contributed by atoms with Gasteiger partial charge in [0, 0.05) is 17.7 Å². The van der Waals surface area contributed by atoms with Crippen LogP contribution in [-0.2, 0) is 12.8 Å². The molecule has 2 aromatic rings. The predicted molar refractivity (Wildman–Crippen MR) is 107 cm³/mol. The summed E-state index contributed by atoms with van der Waals surface area (Å²) in [6.07, 6.45) is -1.84. The molecule has 1 heterocycles. The minimum Gasteiger partial charge on any atom is -0.497 e. The highest BCUT2D eigenvalue weighted by Crippen LogP contribution is 2.38. The van der Waals surface area contributed by atoms with Gasteiger partial charge in [-0.3, -0.25) is 0 Å². The van der Waals surface area contributed by atoms with Gasteiger partial charge in [-0.05, 0) is 37.8 Å². The van der Waals surface area contributed by atoms with E-state index in [1.165, 1.54) is 19.2 Å². The van der Waals surface area contributed by atoms with Gasteiger partial charge in [0.15, 0.2) is 0 Å². The molecule has 0 fully saturated rings. The topological polar surface area (TPSA) is 56.3 Å². The molecule has 8 heteroatoms. The van der Waals surface area contributed by atoms with Crippen LogP contribution in [0.3, 0.4) is 0 Å². The summed E-state index contributed by atoms with van der Waals surface area (Å²) < 4.78 is 48.3. The van der Waals surface area contributed by atoms with E-state index in [1.807, 2.05) is 13.8 Å². The van der Waals surface area contributed by atoms with Crippen LogP contribution in [0.4, 0.5) is 19.0 Å². The SMILES string of the molecule is CCc1nc(-c2ccc(OC)cc2OC(F)(F)F)c(CC)nc1NC(CC)CC. The van der Waals surface area contributed by atoms with Gasteiger partial charge in [-0.15, -0.1) is 13.2 Å². The van der Waals surface area contributed by atoms with E-state index >= 15 is 0 Å². The van der Waals surface area contributed by atoms with E-state index in [0.29, 0.717) is 35.7 Å². The number of ether oxygens (including phenoxy) is 2. The van der Waals surface area contributed by atoms with Crippen molar-refractivity contribution in [2.75, 3.05) is 12.4 Å². The monoisotopic (exact) mass is 411 g/mol. The van der Waals surface area contributed by atoms with E-state index in [0.717, 1.165) is 12.8 Å². The van der Waals surface area contributed by atoms with Gasteiger partial charge < -0.3 is 14.8 Å². The maximum Gasteiger partial charge on any atom is 0.573 e. The second kappa shape index (κ2) is 9.80. The van der Waals surface area contributed by atoms with E-state index in [1.54, 1.807) is 6.07 Å². The molecule has 1 aromatic heterocycles. The molecule has 0 radical (unpaired) electrons. The maximum absolute atomic E-state index is 13.0. The number of anilines is 1. The normalized spacial score (nSPS) is 11.6. The molecule has 0 aliphatic carbocycles. The van der Waals surface area contributed by atoms with Gasteiger partial charge in [-0.1, -0.05) is 27.7 Å². The van der Waals surface area contributed by atoms with Gasteiger partial charge in [0.25, 0.3) is 0 Å². The van der Waals surface area contributed by atoms with E-state index in [-0.39, 0.29) is 23.1 Å². The van der Waals surface area contributed by atoms with Crippen LogP contribution in [0.25, 0.3) is 11.3 Å². The Hall–Kier alpha value is -2.51. The third kappa shape index (κ3) is 5.74. The Morgan fingerprint density at radius 2 is 1.66 bits per heavy atom. The molecular formula is C21H28F3N3O2. The molecule has 0 saturated heterocycles. The zero-order valence-electron chi connectivity index (χ0n) is 17.5. The Morgan fingerprint density at radius 3 is 2.17 bits per heavy atom. The molecule has 0 atom stereocenters. The number of aryl methyl sites for hydroxylation is 2. The van der Waals surface area contributed by atoms with Crippen LogP contribution >= 0.6 is 0 Å². The Bertz CT molecular complexity index is 822. The van der Waals surface area contributed by atoms with Crippen LogP contribution in [0.5, 0.6) is 11.5 Å². The summed E-state index contributed by atoms with van der Waals surface area (Å²) in [6.45, 7) is 8.02. The van der Waals surface area contributed by atoms with E-state index in [2.05, 4.69) is 28.9 Å². The highest BCUT2D eigenvalue weighted by Gasteiger charge is 2.33. The average molecular weight is 411 g/mol. The number of hydrogen-bond donors (Lipinski definition) is 1. The van der Waals surface area contributed by atoms with Crippen molar-refractivity contribution in [2.24, 2.45) is 0 Å². The van der Waals surface area contributed by atoms with Crippen molar-refractivity contribution >= 4 is 5.82 Å². The number of methoxy groups -OCH3 is 1. The number of nitrogens with zero attached hydrogens (tertiary/aromatic N) is 2. The van der Waals surface area contributed by atoms with Crippen molar-refractivity contribution in [3.05, 3.63) is 29.6 Å². The van der Waals surface area contributed by atoms with Crippen LogP contribution in [-0.4, -0.2) is 29.5 Å². The Kier molecular flexibility index (Phi) is 7.70. The second-order valence-corrected chi connectivity index (χ2v) is 6.59. The molecule has 0 saturated carbocycles.